The van der Waals surface area contributed by atoms with Crippen molar-refractivity contribution in [3.05, 3.63) is 52.5 Å². The van der Waals surface area contributed by atoms with Crippen molar-refractivity contribution in [2.45, 2.75) is 19.8 Å². The van der Waals surface area contributed by atoms with Gasteiger partial charge in [0.15, 0.2) is 16.6 Å². The van der Waals surface area contributed by atoms with Crippen LogP contribution in [0, 0.1) is 5.92 Å². The molecule has 0 radical (unpaired) electrons. The minimum Gasteiger partial charge on any atom is -0.461 e. The zero-order valence-electron chi connectivity index (χ0n) is 17.5. The number of halogens is 1. The van der Waals surface area contributed by atoms with Crippen molar-refractivity contribution in [3.8, 4) is 11.3 Å². The molecular formula is C22H22ClN5O3S. The van der Waals surface area contributed by atoms with Crippen LogP contribution in [-0.2, 0) is 9.53 Å². The Morgan fingerprint density at radius 1 is 1.22 bits per heavy atom. The molecule has 1 aliphatic heterocycles. The molecule has 0 bridgehead atoms. The largest absolute Gasteiger partial charge is 0.461 e. The Bertz CT molecular complexity index is 1090. The molecule has 3 heterocycles. The van der Waals surface area contributed by atoms with E-state index in [1.165, 1.54) is 11.3 Å². The van der Waals surface area contributed by atoms with Crippen LogP contribution in [0.5, 0.6) is 0 Å². The van der Waals surface area contributed by atoms with E-state index in [2.05, 4.69) is 25.4 Å². The number of esters is 1. The van der Waals surface area contributed by atoms with Crippen molar-refractivity contribution >= 4 is 45.8 Å². The van der Waals surface area contributed by atoms with E-state index >= 15 is 0 Å². The van der Waals surface area contributed by atoms with Crippen LogP contribution in [0.4, 0.5) is 10.9 Å². The highest BCUT2D eigenvalue weighted by Gasteiger charge is 2.27. The van der Waals surface area contributed by atoms with Crippen molar-refractivity contribution < 1.29 is 14.3 Å². The van der Waals surface area contributed by atoms with E-state index in [1.807, 2.05) is 36.4 Å². The van der Waals surface area contributed by atoms with E-state index in [9.17, 15) is 9.59 Å². The van der Waals surface area contributed by atoms with Gasteiger partial charge in [-0.2, -0.15) is 0 Å². The predicted octanol–water partition coefficient (Wildman–Crippen LogP) is 4.29. The first kappa shape index (κ1) is 22.2. The van der Waals surface area contributed by atoms with Crippen LogP contribution in [0.2, 0.25) is 5.02 Å². The Labute approximate surface area is 194 Å². The third-order valence-electron chi connectivity index (χ3n) is 5.13. The molecule has 0 saturated carbocycles. The third kappa shape index (κ3) is 5.23. The average Bonchev–Trinajstić information content (AvgIpc) is 3.29. The van der Waals surface area contributed by atoms with Gasteiger partial charge in [0.1, 0.15) is 0 Å². The van der Waals surface area contributed by atoms with Crippen LogP contribution >= 0.6 is 22.9 Å². The number of thiazole rings is 1. The number of anilines is 2. The maximum absolute atomic E-state index is 12.8. The lowest BCUT2D eigenvalue weighted by molar-refractivity contribution is -0.120. The Hall–Kier alpha value is -3.04. The molecule has 1 atom stereocenters. The fourth-order valence-corrected chi connectivity index (χ4v) is 4.31. The quantitative estimate of drug-likeness (QED) is 0.535. The number of ether oxygens (including phenoxy) is 1. The molecule has 1 unspecified atom stereocenters. The first-order valence-electron chi connectivity index (χ1n) is 10.3. The molecule has 2 aromatic heterocycles. The summed E-state index contributed by atoms with van der Waals surface area (Å²) in [5.74, 6) is -0.0885. The number of rotatable bonds is 6. The summed E-state index contributed by atoms with van der Waals surface area (Å²) in [6, 6.07) is 11.3. The van der Waals surface area contributed by atoms with E-state index in [1.54, 1.807) is 12.3 Å². The molecule has 3 aromatic rings. The number of amides is 1. The number of piperidine rings is 1. The minimum atomic E-state index is -0.492. The number of hydrogen-bond acceptors (Lipinski definition) is 8. The summed E-state index contributed by atoms with van der Waals surface area (Å²) < 4.78 is 4.93. The monoisotopic (exact) mass is 471 g/mol. The van der Waals surface area contributed by atoms with E-state index in [-0.39, 0.29) is 24.1 Å². The second-order valence-electron chi connectivity index (χ2n) is 7.32. The van der Waals surface area contributed by atoms with Crippen molar-refractivity contribution in [3.63, 3.8) is 0 Å². The molecule has 8 nitrogen and oxygen atoms in total. The first-order valence-corrected chi connectivity index (χ1v) is 11.6. The van der Waals surface area contributed by atoms with Gasteiger partial charge >= 0.3 is 5.97 Å². The van der Waals surface area contributed by atoms with Gasteiger partial charge in [0.25, 0.3) is 0 Å². The van der Waals surface area contributed by atoms with Gasteiger partial charge in [-0.3, -0.25) is 4.79 Å². The topological polar surface area (TPSA) is 97.3 Å². The van der Waals surface area contributed by atoms with Gasteiger partial charge in [0.2, 0.25) is 5.91 Å². The molecule has 1 amide bonds. The van der Waals surface area contributed by atoms with E-state index in [0.717, 1.165) is 36.5 Å². The Morgan fingerprint density at radius 3 is 2.75 bits per heavy atom. The molecular weight excluding hydrogens is 450 g/mol. The number of hydrogen-bond donors (Lipinski definition) is 1. The van der Waals surface area contributed by atoms with Gasteiger partial charge in [-0.15, -0.1) is 21.5 Å². The summed E-state index contributed by atoms with van der Waals surface area (Å²) in [4.78, 5) is 30.8. The second-order valence-corrected chi connectivity index (χ2v) is 8.61. The molecule has 1 fully saturated rings. The molecule has 10 heteroatoms. The van der Waals surface area contributed by atoms with Gasteiger partial charge < -0.3 is 15.0 Å². The molecule has 1 N–H and O–H groups in total. The standard InChI is InChI=1S/C22H22ClN5O3S/c1-2-31-21(30)18-13-32-22(24-18)25-20(29)15-4-3-11-28(12-15)19-10-9-17(26-27-19)14-5-7-16(23)8-6-14/h5-10,13,15H,2-4,11-12H2,1H3,(H,24,25,29). The molecule has 1 saturated heterocycles. The number of nitrogens with one attached hydrogen (secondary N) is 1. The molecule has 1 aromatic carbocycles. The lowest BCUT2D eigenvalue weighted by Crippen LogP contribution is -2.41. The van der Waals surface area contributed by atoms with Crippen molar-refractivity contribution in [1.82, 2.24) is 15.2 Å². The van der Waals surface area contributed by atoms with Crippen LogP contribution in [0.3, 0.4) is 0 Å². The first-order chi connectivity index (χ1) is 15.5. The molecule has 0 spiro atoms. The summed E-state index contributed by atoms with van der Waals surface area (Å²) in [5, 5.41) is 14.2. The van der Waals surface area contributed by atoms with E-state index < -0.39 is 5.97 Å². The van der Waals surface area contributed by atoms with E-state index in [0.29, 0.717) is 16.7 Å². The molecule has 166 valence electrons. The SMILES string of the molecule is CCOC(=O)c1csc(NC(=O)C2CCCN(c3ccc(-c4ccc(Cl)cc4)nn3)C2)n1. The highest BCUT2D eigenvalue weighted by molar-refractivity contribution is 7.14. The molecule has 32 heavy (non-hydrogen) atoms. The summed E-state index contributed by atoms with van der Waals surface area (Å²) in [6.45, 7) is 3.36. The Morgan fingerprint density at radius 2 is 2.03 bits per heavy atom. The van der Waals surface area contributed by atoms with Gasteiger partial charge in [0, 0.05) is 29.1 Å². The van der Waals surface area contributed by atoms with Crippen LogP contribution in [0.15, 0.2) is 41.8 Å². The summed E-state index contributed by atoms with van der Waals surface area (Å²) in [7, 11) is 0. The van der Waals surface area contributed by atoms with Gasteiger partial charge in [0.05, 0.1) is 18.2 Å². The smallest absolute Gasteiger partial charge is 0.357 e. The number of carbonyl (C=O) groups excluding carboxylic acids is 2. The number of aromatic nitrogens is 3. The fourth-order valence-electron chi connectivity index (χ4n) is 3.51. The maximum atomic E-state index is 12.8. The van der Waals surface area contributed by atoms with Crippen molar-refractivity contribution in [2.75, 3.05) is 29.9 Å². The van der Waals surface area contributed by atoms with Crippen molar-refractivity contribution in [1.29, 1.82) is 0 Å². The minimum absolute atomic E-state index is 0.120. The zero-order valence-corrected chi connectivity index (χ0v) is 19.0. The molecule has 1 aliphatic rings. The second kappa shape index (κ2) is 10.1. The summed E-state index contributed by atoms with van der Waals surface area (Å²) in [5.41, 5.74) is 1.90. The molecule has 4 rings (SSSR count). The summed E-state index contributed by atoms with van der Waals surface area (Å²) >= 11 is 7.15. The lowest BCUT2D eigenvalue weighted by Gasteiger charge is -2.32. The van der Waals surface area contributed by atoms with Crippen LogP contribution in [0.1, 0.15) is 30.3 Å². The van der Waals surface area contributed by atoms with Gasteiger partial charge in [-0.25, -0.2) is 9.78 Å². The number of benzene rings is 1. The number of carbonyl (C=O) groups is 2. The highest BCUT2D eigenvalue weighted by Crippen LogP contribution is 2.25. The van der Waals surface area contributed by atoms with Crippen LogP contribution in [-0.4, -0.2) is 46.8 Å². The highest BCUT2D eigenvalue weighted by atomic mass is 35.5. The van der Waals surface area contributed by atoms with Crippen molar-refractivity contribution in [2.24, 2.45) is 5.92 Å². The predicted molar refractivity (Wildman–Crippen MR) is 124 cm³/mol. The van der Waals surface area contributed by atoms with Gasteiger partial charge in [-0.1, -0.05) is 23.7 Å². The summed E-state index contributed by atoms with van der Waals surface area (Å²) in [6.07, 6.45) is 1.64. The third-order valence-corrected chi connectivity index (χ3v) is 6.14. The Kier molecular flexibility index (Phi) is 6.96. The van der Waals surface area contributed by atoms with Gasteiger partial charge in [-0.05, 0) is 44.0 Å². The lowest BCUT2D eigenvalue weighted by atomic mass is 9.97. The van der Waals surface area contributed by atoms with Crippen LogP contribution < -0.4 is 10.2 Å². The number of nitrogens with zero attached hydrogens (tertiary/aromatic N) is 4. The van der Waals surface area contributed by atoms with Crippen LogP contribution in [0.25, 0.3) is 11.3 Å². The molecule has 0 aliphatic carbocycles. The fraction of sp³-hybridized carbons (Fsp3) is 0.318. The normalized spacial score (nSPS) is 15.9. The Balaban J connectivity index is 1.38. The average molecular weight is 472 g/mol. The zero-order chi connectivity index (χ0) is 22.5. The maximum Gasteiger partial charge on any atom is 0.357 e. The van der Waals surface area contributed by atoms with E-state index in [4.69, 9.17) is 16.3 Å².